The quantitative estimate of drug-likeness (QED) is 0.377. The van der Waals surface area contributed by atoms with Crippen molar-refractivity contribution in [2.45, 2.75) is 0 Å². The molecule has 0 amide bonds. The summed E-state index contributed by atoms with van der Waals surface area (Å²) in [6.45, 7) is 2.42. The first-order chi connectivity index (χ1) is 14.1. The Bertz CT molecular complexity index is 1250. The van der Waals surface area contributed by atoms with E-state index in [1.54, 1.807) is 34.7 Å². The van der Waals surface area contributed by atoms with Crippen molar-refractivity contribution in [2.24, 2.45) is 0 Å². The van der Waals surface area contributed by atoms with Gasteiger partial charge in [0.2, 0.25) is 5.95 Å². The Morgan fingerprint density at radius 1 is 1.10 bits per heavy atom. The molecule has 9 nitrogen and oxygen atoms in total. The number of halogens is 1. The molecule has 4 aromatic rings. The number of hydrogen-bond donors (Lipinski definition) is 0. The van der Waals surface area contributed by atoms with Crippen molar-refractivity contribution in [3.63, 3.8) is 0 Å². The van der Waals surface area contributed by atoms with Crippen molar-refractivity contribution in [3.8, 4) is 11.4 Å². The van der Waals surface area contributed by atoms with Gasteiger partial charge in [0.05, 0.1) is 29.2 Å². The van der Waals surface area contributed by atoms with Gasteiger partial charge in [-0.2, -0.15) is 0 Å². The van der Waals surface area contributed by atoms with E-state index in [2.05, 4.69) is 15.1 Å². The molecule has 0 atom stereocenters. The summed E-state index contributed by atoms with van der Waals surface area (Å²) in [6, 6.07) is 11.9. The van der Waals surface area contributed by atoms with E-state index in [-0.39, 0.29) is 5.69 Å². The lowest BCUT2D eigenvalue weighted by Gasteiger charge is -2.28. The monoisotopic (exact) mass is 410 g/mol. The summed E-state index contributed by atoms with van der Waals surface area (Å²) in [5.74, 6) is 0.981. The molecular formula is C19H15ClN6O3. The van der Waals surface area contributed by atoms with E-state index in [0.29, 0.717) is 59.8 Å². The molecule has 1 fully saturated rings. The number of nitro benzene ring substituents is 1. The number of aromatic nitrogens is 4. The number of nitro groups is 1. The van der Waals surface area contributed by atoms with Gasteiger partial charge in [-0.15, -0.1) is 10.2 Å². The second kappa shape index (κ2) is 6.94. The van der Waals surface area contributed by atoms with Crippen LogP contribution >= 0.6 is 11.6 Å². The van der Waals surface area contributed by atoms with E-state index in [9.17, 15) is 10.1 Å². The van der Waals surface area contributed by atoms with Crippen LogP contribution in [0.15, 0.2) is 42.5 Å². The minimum Gasteiger partial charge on any atom is -0.378 e. The topological polar surface area (TPSA) is 98.7 Å². The van der Waals surface area contributed by atoms with Crippen molar-refractivity contribution in [3.05, 3.63) is 57.6 Å². The van der Waals surface area contributed by atoms with Gasteiger partial charge in [0, 0.05) is 29.6 Å². The normalized spacial score (nSPS) is 14.6. The van der Waals surface area contributed by atoms with Gasteiger partial charge in [-0.1, -0.05) is 23.7 Å². The number of benzene rings is 2. The van der Waals surface area contributed by atoms with Gasteiger partial charge in [0.15, 0.2) is 11.5 Å². The largest absolute Gasteiger partial charge is 0.378 e. The summed E-state index contributed by atoms with van der Waals surface area (Å²) in [7, 11) is 0. The lowest BCUT2D eigenvalue weighted by atomic mass is 10.1. The number of hydrogen-bond acceptors (Lipinski definition) is 7. The Labute approximate surface area is 169 Å². The Balaban J connectivity index is 1.85. The molecule has 2 aromatic heterocycles. The van der Waals surface area contributed by atoms with Crippen LogP contribution < -0.4 is 4.90 Å². The first-order valence-corrected chi connectivity index (χ1v) is 9.42. The first-order valence-electron chi connectivity index (χ1n) is 9.04. The minimum atomic E-state index is -0.418. The molecule has 146 valence electrons. The highest BCUT2D eigenvalue weighted by Crippen LogP contribution is 2.33. The number of morpholine rings is 1. The van der Waals surface area contributed by atoms with E-state index in [1.165, 1.54) is 6.07 Å². The molecule has 1 aliphatic rings. The Morgan fingerprint density at radius 2 is 1.90 bits per heavy atom. The van der Waals surface area contributed by atoms with E-state index in [0.717, 1.165) is 5.39 Å². The van der Waals surface area contributed by atoms with Gasteiger partial charge < -0.3 is 9.64 Å². The zero-order valence-electron chi connectivity index (χ0n) is 15.2. The SMILES string of the molecule is O=[N+]([O-])c1ccccc1-c1nnc2c3ccc(Cl)cc3nc(N3CCOCC3)n12. The summed E-state index contributed by atoms with van der Waals surface area (Å²) in [5.41, 5.74) is 1.61. The van der Waals surface area contributed by atoms with Gasteiger partial charge in [-0.05, 0) is 24.3 Å². The fourth-order valence-electron chi connectivity index (χ4n) is 3.56. The third kappa shape index (κ3) is 2.95. The Hall–Kier alpha value is -3.30. The maximum atomic E-state index is 11.6. The lowest BCUT2D eigenvalue weighted by Crippen LogP contribution is -2.38. The van der Waals surface area contributed by atoms with Crippen molar-refractivity contribution >= 4 is 39.8 Å². The molecule has 5 rings (SSSR count). The predicted octanol–water partition coefficient (Wildman–Crippen LogP) is 3.34. The maximum absolute atomic E-state index is 11.6. The molecule has 0 bridgehead atoms. The zero-order chi connectivity index (χ0) is 20.0. The van der Waals surface area contributed by atoms with Crippen LogP contribution in [0, 0.1) is 10.1 Å². The van der Waals surface area contributed by atoms with Crippen LogP contribution in [0.5, 0.6) is 0 Å². The third-order valence-electron chi connectivity index (χ3n) is 4.92. The average molecular weight is 411 g/mol. The highest BCUT2D eigenvalue weighted by Gasteiger charge is 2.25. The number of para-hydroxylation sites is 1. The van der Waals surface area contributed by atoms with Crippen molar-refractivity contribution in [1.29, 1.82) is 0 Å². The molecule has 0 N–H and O–H groups in total. The molecule has 1 saturated heterocycles. The van der Waals surface area contributed by atoms with Crippen LogP contribution in [0.3, 0.4) is 0 Å². The summed E-state index contributed by atoms with van der Waals surface area (Å²) < 4.78 is 7.25. The van der Waals surface area contributed by atoms with Gasteiger partial charge in [-0.25, -0.2) is 9.38 Å². The molecule has 3 heterocycles. The molecule has 29 heavy (non-hydrogen) atoms. The van der Waals surface area contributed by atoms with Crippen LogP contribution in [0.4, 0.5) is 11.6 Å². The van der Waals surface area contributed by atoms with Crippen LogP contribution in [0.2, 0.25) is 5.02 Å². The minimum absolute atomic E-state index is 0.0362. The van der Waals surface area contributed by atoms with Gasteiger partial charge in [-0.3, -0.25) is 10.1 Å². The molecule has 0 unspecified atom stereocenters. The van der Waals surface area contributed by atoms with E-state index in [1.807, 2.05) is 6.07 Å². The highest BCUT2D eigenvalue weighted by molar-refractivity contribution is 6.31. The summed E-state index contributed by atoms with van der Waals surface area (Å²) in [5, 5.41) is 21.6. The van der Waals surface area contributed by atoms with Gasteiger partial charge in [0.25, 0.3) is 5.69 Å². The fourth-order valence-corrected chi connectivity index (χ4v) is 3.73. The van der Waals surface area contributed by atoms with E-state index in [4.69, 9.17) is 21.3 Å². The molecule has 0 aliphatic carbocycles. The molecule has 0 saturated carbocycles. The van der Waals surface area contributed by atoms with Gasteiger partial charge >= 0.3 is 0 Å². The van der Waals surface area contributed by atoms with Crippen molar-refractivity contribution in [2.75, 3.05) is 31.2 Å². The second-order valence-corrected chi connectivity index (χ2v) is 7.07. The maximum Gasteiger partial charge on any atom is 0.280 e. The third-order valence-corrected chi connectivity index (χ3v) is 5.15. The fraction of sp³-hybridized carbons (Fsp3) is 0.211. The molecule has 0 spiro atoms. The van der Waals surface area contributed by atoms with E-state index < -0.39 is 4.92 Å². The average Bonchev–Trinajstić information content (AvgIpc) is 3.18. The number of rotatable bonds is 3. The van der Waals surface area contributed by atoms with Crippen molar-refractivity contribution in [1.82, 2.24) is 19.6 Å². The highest BCUT2D eigenvalue weighted by atomic mass is 35.5. The molecule has 1 aliphatic heterocycles. The smallest absolute Gasteiger partial charge is 0.280 e. The van der Waals surface area contributed by atoms with Crippen LogP contribution in [0.25, 0.3) is 27.9 Å². The first kappa shape index (κ1) is 17.8. The number of nitrogens with zero attached hydrogens (tertiary/aromatic N) is 6. The summed E-state index contributed by atoms with van der Waals surface area (Å²) in [6.07, 6.45) is 0. The Morgan fingerprint density at radius 3 is 2.69 bits per heavy atom. The lowest BCUT2D eigenvalue weighted by molar-refractivity contribution is -0.384. The van der Waals surface area contributed by atoms with E-state index >= 15 is 0 Å². The van der Waals surface area contributed by atoms with Crippen molar-refractivity contribution < 1.29 is 9.66 Å². The second-order valence-electron chi connectivity index (χ2n) is 6.63. The molecule has 2 aromatic carbocycles. The zero-order valence-corrected chi connectivity index (χ0v) is 15.9. The van der Waals surface area contributed by atoms with Crippen LogP contribution in [-0.2, 0) is 4.74 Å². The molecule has 10 heteroatoms. The number of ether oxygens (including phenoxy) is 1. The molecule has 0 radical (unpaired) electrons. The number of anilines is 1. The predicted molar refractivity (Wildman–Crippen MR) is 108 cm³/mol. The van der Waals surface area contributed by atoms with Gasteiger partial charge in [0.1, 0.15) is 0 Å². The molecular weight excluding hydrogens is 396 g/mol. The number of fused-ring (bicyclic) bond motifs is 3. The van der Waals surface area contributed by atoms with Crippen LogP contribution in [-0.4, -0.2) is 50.8 Å². The summed E-state index contributed by atoms with van der Waals surface area (Å²) >= 11 is 6.17. The standard InChI is InChI=1S/C19H15ClN6O3/c20-12-5-6-13-15(11-12)21-19(24-7-9-29-10-8-24)25-17(13)22-23-18(25)14-3-1-2-4-16(14)26(27)28/h1-6,11H,7-10H2. The Kier molecular flexibility index (Phi) is 4.26. The van der Waals surface area contributed by atoms with Crippen LogP contribution in [0.1, 0.15) is 0 Å². The summed E-state index contributed by atoms with van der Waals surface area (Å²) in [4.78, 5) is 18.1.